The van der Waals surface area contributed by atoms with Crippen LogP contribution in [0.25, 0.3) is 0 Å². The summed E-state index contributed by atoms with van der Waals surface area (Å²) >= 11 is 8.46. The van der Waals surface area contributed by atoms with Crippen molar-refractivity contribution in [2.45, 2.75) is 30.4 Å². The van der Waals surface area contributed by atoms with Gasteiger partial charge >= 0.3 is 0 Å². The average molecular weight is 325 g/mol. The molecule has 2 aromatic rings. The summed E-state index contributed by atoms with van der Waals surface area (Å²) in [4.78, 5) is 0. The van der Waals surface area contributed by atoms with Gasteiger partial charge in [0.2, 0.25) is 5.13 Å². The molecule has 0 radical (unpaired) electrons. The third-order valence-electron chi connectivity index (χ3n) is 2.27. The van der Waals surface area contributed by atoms with Crippen molar-refractivity contribution in [2.75, 3.05) is 10.6 Å². The number of nitrogens with one attached hydrogen (secondary N) is 2. The number of nitrogens with zero attached hydrogens (tertiary/aromatic N) is 2. The van der Waals surface area contributed by atoms with Gasteiger partial charge in [-0.2, -0.15) is 0 Å². The van der Waals surface area contributed by atoms with Crippen LogP contribution in [0.15, 0.2) is 28.6 Å². The van der Waals surface area contributed by atoms with Crippen LogP contribution in [0.2, 0.25) is 0 Å². The Bertz CT molecular complexity index is 578. The maximum absolute atomic E-state index is 5.26. The third-order valence-corrected chi connectivity index (χ3v) is 4.40. The van der Waals surface area contributed by atoms with E-state index in [1.165, 1.54) is 16.9 Å². The lowest BCUT2D eigenvalue weighted by atomic mass is 10.2. The van der Waals surface area contributed by atoms with Crippen LogP contribution < -0.4 is 10.6 Å². The molecule has 0 unspecified atom stereocenters. The van der Waals surface area contributed by atoms with Crippen LogP contribution in [0.3, 0.4) is 0 Å². The van der Waals surface area contributed by atoms with Gasteiger partial charge in [-0.3, -0.25) is 0 Å². The first-order valence-electron chi connectivity index (χ1n) is 6.18. The molecule has 7 heteroatoms. The Kier molecular flexibility index (Phi) is 5.33. The average Bonchev–Trinajstić information content (AvgIpc) is 2.78. The van der Waals surface area contributed by atoms with Crippen LogP contribution in [-0.2, 0) is 0 Å². The Morgan fingerprint density at radius 1 is 1.20 bits per heavy atom. The predicted octanol–water partition coefficient (Wildman–Crippen LogP) is 4.16. The van der Waals surface area contributed by atoms with Gasteiger partial charge in [-0.1, -0.05) is 54.6 Å². The highest BCUT2D eigenvalue weighted by Crippen LogP contribution is 2.28. The first kappa shape index (κ1) is 15.2. The Hall–Kier alpha value is -1.18. The van der Waals surface area contributed by atoms with E-state index in [-0.39, 0.29) is 0 Å². The summed E-state index contributed by atoms with van der Waals surface area (Å²) in [5.41, 5.74) is 2.17. The molecule has 106 valence electrons. The number of thioether (sulfide) groups is 1. The molecule has 1 aromatic heterocycles. The Morgan fingerprint density at radius 2 is 1.90 bits per heavy atom. The van der Waals surface area contributed by atoms with Crippen molar-refractivity contribution in [1.82, 2.24) is 10.2 Å². The van der Waals surface area contributed by atoms with Crippen molar-refractivity contribution in [3.05, 3.63) is 29.8 Å². The standard InChI is InChI=1S/C13H16N4S3/c1-8(2)19-13-17-16-12(20-13)15-11(18)14-10-6-4-9(3)5-7-10/h4-8H,1-3H3,(H2,14,15,16,18). The van der Waals surface area contributed by atoms with E-state index in [2.05, 4.69) is 41.6 Å². The fourth-order valence-electron chi connectivity index (χ4n) is 1.41. The number of benzene rings is 1. The molecule has 4 nitrogen and oxygen atoms in total. The molecule has 0 aliphatic heterocycles. The lowest BCUT2D eigenvalue weighted by molar-refractivity contribution is 1.00. The number of aromatic nitrogens is 2. The molecular formula is C13H16N4S3. The zero-order valence-electron chi connectivity index (χ0n) is 11.5. The highest BCUT2D eigenvalue weighted by atomic mass is 32.2. The summed E-state index contributed by atoms with van der Waals surface area (Å²) in [5.74, 6) is 0. The molecule has 1 heterocycles. The van der Waals surface area contributed by atoms with Crippen molar-refractivity contribution in [2.24, 2.45) is 0 Å². The van der Waals surface area contributed by atoms with Crippen LogP contribution >= 0.6 is 35.3 Å². The van der Waals surface area contributed by atoms with E-state index < -0.39 is 0 Å². The van der Waals surface area contributed by atoms with Gasteiger partial charge < -0.3 is 10.6 Å². The van der Waals surface area contributed by atoms with E-state index in [1.54, 1.807) is 11.8 Å². The second-order valence-electron chi connectivity index (χ2n) is 4.48. The fraction of sp³-hybridized carbons (Fsp3) is 0.308. The maximum atomic E-state index is 5.26. The van der Waals surface area contributed by atoms with E-state index in [0.717, 1.165) is 10.0 Å². The molecule has 0 spiro atoms. The predicted molar refractivity (Wildman–Crippen MR) is 91.9 cm³/mol. The van der Waals surface area contributed by atoms with Crippen molar-refractivity contribution >= 4 is 51.2 Å². The summed E-state index contributed by atoms with van der Waals surface area (Å²) in [6, 6.07) is 8.05. The van der Waals surface area contributed by atoms with E-state index in [0.29, 0.717) is 15.5 Å². The first-order chi connectivity index (χ1) is 9.52. The highest BCUT2D eigenvalue weighted by Gasteiger charge is 2.08. The largest absolute Gasteiger partial charge is 0.332 e. The van der Waals surface area contributed by atoms with E-state index in [4.69, 9.17) is 12.2 Å². The van der Waals surface area contributed by atoms with Gasteiger partial charge in [0.1, 0.15) is 0 Å². The smallest absolute Gasteiger partial charge is 0.212 e. The normalized spacial score (nSPS) is 10.6. The summed E-state index contributed by atoms with van der Waals surface area (Å²) in [7, 11) is 0. The molecule has 20 heavy (non-hydrogen) atoms. The van der Waals surface area contributed by atoms with Crippen LogP contribution in [0, 0.1) is 6.92 Å². The van der Waals surface area contributed by atoms with Gasteiger partial charge in [0.25, 0.3) is 0 Å². The van der Waals surface area contributed by atoms with Crippen molar-refractivity contribution in [3.8, 4) is 0 Å². The van der Waals surface area contributed by atoms with E-state index in [1.807, 2.05) is 24.3 Å². The lowest BCUT2D eigenvalue weighted by Crippen LogP contribution is -2.18. The minimum absolute atomic E-state index is 0.494. The van der Waals surface area contributed by atoms with Gasteiger partial charge in [0, 0.05) is 10.9 Å². The van der Waals surface area contributed by atoms with Crippen molar-refractivity contribution in [1.29, 1.82) is 0 Å². The van der Waals surface area contributed by atoms with Gasteiger partial charge in [-0.05, 0) is 31.3 Å². The molecule has 0 bridgehead atoms. The SMILES string of the molecule is Cc1ccc(NC(=S)Nc2nnc(SC(C)C)s2)cc1. The van der Waals surface area contributed by atoms with Crippen LogP contribution in [0.4, 0.5) is 10.8 Å². The number of aryl methyl sites for hydroxylation is 1. The number of rotatable bonds is 4. The minimum Gasteiger partial charge on any atom is -0.332 e. The molecule has 2 rings (SSSR count). The first-order valence-corrected chi connectivity index (χ1v) is 8.28. The number of anilines is 2. The number of hydrogen-bond acceptors (Lipinski definition) is 5. The van der Waals surface area contributed by atoms with Crippen molar-refractivity contribution < 1.29 is 0 Å². The monoisotopic (exact) mass is 324 g/mol. The Morgan fingerprint density at radius 3 is 2.55 bits per heavy atom. The maximum Gasteiger partial charge on any atom is 0.212 e. The second kappa shape index (κ2) is 7.01. The molecule has 0 aliphatic carbocycles. The van der Waals surface area contributed by atoms with Crippen LogP contribution in [0.1, 0.15) is 19.4 Å². The third kappa shape index (κ3) is 4.73. The molecule has 0 saturated carbocycles. The highest BCUT2D eigenvalue weighted by molar-refractivity contribution is 8.01. The van der Waals surface area contributed by atoms with Gasteiger partial charge in [-0.25, -0.2) is 0 Å². The molecule has 0 fully saturated rings. The van der Waals surface area contributed by atoms with E-state index >= 15 is 0 Å². The van der Waals surface area contributed by atoms with Gasteiger partial charge in [0.05, 0.1) is 0 Å². The summed E-state index contributed by atoms with van der Waals surface area (Å²) in [6.45, 7) is 6.31. The second-order valence-corrected chi connectivity index (χ2v) is 7.69. The van der Waals surface area contributed by atoms with Gasteiger partial charge in [0.15, 0.2) is 9.45 Å². The number of hydrogen-bond donors (Lipinski definition) is 2. The Labute approximate surface area is 132 Å². The summed E-state index contributed by atoms with van der Waals surface area (Å²) in [6.07, 6.45) is 0. The molecule has 0 amide bonds. The number of thiocarbonyl (C=S) groups is 1. The molecule has 2 N–H and O–H groups in total. The molecular weight excluding hydrogens is 308 g/mol. The minimum atomic E-state index is 0.494. The zero-order valence-corrected chi connectivity index (χ0v) is 14.0. The summed E-state index contributed by atoms with van der Waals surface area (Å²) in [5, 5.41) is 16.1. The quantitative estimate of drug-likeness (QED) is 0.651. The molecule has 0 atom stereocenters. The molecule has 0 saturated heterocycles. The molecule has 0 aliphatic rings. The van der Waals surface area contributed by atoms with Crippen LogP contribution in [-0.4, -0.2) is 20.6 Å². The zero-order chi connectivity index (χ0) is 14.5. The van der Waals surface area contributed by atoms with Crippen molar-refractivity contribution in [3.63, 3.8) is 0 Å². The van der Waals surface area contributed by atoms with Gasteiger partial charge in [-0.15, -0.1) is 10.2 Å². The topological polar surface area (TPSA) is 49.8 Å². The molecule has 1 aromatic carbocycles. The summed E-state index contributed by atoms with van der Waals surface area (Å²) < 4.78 is 0.945. The lowest BCUT2D eigenvalue weighted by Gasteiger charge is -2.07. The fourth-order valence-corrected chi connectivity index (χ4v) is 3.66. The Balaban J connectivity index is 1.91. The van der Waals surface area contributed by atoms with E-state index in [9.17, 15) is 0 Å². The van der Waals surface area contributed by atoms with Crippen LogP contribution in [0.5, 0.6) is 0 Å².